The summed E-state index contributed by atoms with van der Waals surface area (Å²) in [5.74, 6) is -3.12. The van der Waals surface area contributed by atoms with Crippen LogP contribution in [0.1, 0.15) is 43.0 Å². The number of pyridine rings is 1. The number of hydrogen-bond acceptors (Lipinski definition) is 4. The van der Waals surface area contributed by atoms with Gasteiger partial charge in [-0.05, 0) is 61.6 Å². The molecule has 0 aliphatic heterocycles. The van der Waals surface area contributed by atoms with Gasteiger partial charge in [0.1, 0.15) is 0 Å². The fourth-order valence-electron chi connectivity index (χ4n) is 4.74. The molecule has 1 aliphatic carbocycles. The van der Waals surface area contributed by atoms with Crippen molar-refractivity contribution in [3.05, 3.63) is 64.9 Å². The minimum Gasteiger partial charge on any atom is -0.350 e. The van der Waals surface area contributed by atoms with Gasteiger partial charge in [0.25, 0.3) is 0 Å². The van der Waals surface area contributed by atoms with E-state index in [0.29, 0.717) is 23.1 Å². The number of anilines is 1. The van der Waals surface area contributed by atoms with Crippen LogP contribution in [0.15, 0.2) is 30.6 Å². The second-order valence-corrected chi connectivity index (χ2v) is 8.34. The van der Waals surface area contributed by atoms with E-state index in [1.165, 1.54) is 18.2 Å². The van der Waals surface area contributed by atoms with Gasteiger partial charge in [0.05, 0.1) is 6.20 Å². The van der Waals surface area contributed by atoms with Crippen LogP contribution < -0.4 is 5.32 Å². The molecule has 1 aliphatic rings. The average molecular weight is 440 g/mol. The summed E-state index contributed by atoms with van der Waals surface area (Å²) in [7, 11) is 0. The van der Waals surface area contributed by atoms with Gasteiger partial charge in [-0.15, -0.1) is 5.10 Å². The number of rotatable bonds is 4. The van der Waals surface area contributed by atoms with Crippen LogP contribution in [0.25, 0.3) is 16.8 Å². The molecule has 0 saturated heterocycles. The van der Waals surface area contributed by atoms with Gasteiger partial charge >= 0.3 is 0 Å². The predicted octanol–water partition coefficient (Wildman–Crippen LogP) is 4.87. The van der Waals surface area contributed by atoms with Crippen molar-refractivity contribution in [1.29, 1.82) is 0 Å². The Balaban J connectivity index is 1.48. The first kappa shape index (κ1) is 20.5. The predicted molar refractivity (Wildman–Crippen MR) is 115 cm³/mol. The van der Waals surface area contributed by atoms with Crippen LogP contribution in [0.5, 0.6) is 0 Å². The van der Waals surface area contributed by atoms with E-state index in [2.05, 4.69) is 39.0 Å². The molecule has 0 amide bonds. The molecule has 2 unspecified atom stereocenters. The zero-order valence-electron chi connectivity index (χ0n) is 18.0. The number of hydrogen-bond donors (Lipinski definition) is 1. The van der Waals surface area contributed by atoms with Gasteiger partial charge in [-0.2, -0.15) is 10.1 Å². The maximum Gasteiger partial charge on any atom is 0.243 e. The van der Waals surface area contributed by atoms with Gasteiger partial charge in [0.2, 0.25) is 5.95 Å². The minimum absolute atomic E-state index is 0.0241. The molecule has 1 aromatic carbocycles. The molecule has 2 atom stereocenters. The lowest BCUT2D eigenvalue weighted by Gasteiger charge is -2.28. The summed E-state index contributed by atoms with van der Waals surface area (Å²) in [6.45, 7) is 6.54. The summed E-state index contributed by atoms with van der Waals surface area (Å²) in [6.07, 6.45) is 5.37. The zero-order chi connectivity index (χ0) is 22.6. The van der Waals surface area contributed by atoms with Gasteiger partial charge in [-0.25, -0.2) is 17.7 Å². The number of aryl methyl sites for hydroxylation is 1. The van der Waals surface area contributed by atoms with Crippen LogP contribution >= 0.6 is 0 Å². The number of nitrogens with one attached hydrogen (secondary N) is 1. The van der Waals surface area contributed by atoms with E-state index in [0.717, 1.165) is 25.5 Å². The smallest absolute Gasteiger partial charge is 0.243 e. The van der Waals surface area contributed by atoms with Crippen molar-refractivity contribution >= 4 is 11.6 Å². The Morgan fingerprint density at radius 2 is 2.00 bits per heavy atom. The standard InChI is InChI=1S/C23H23F3N6/c1-4-31-21-12(2)8-15(9-14(21)11-27-31)28-23-29-22-16(6-5-7-32(22)30-23)17-10-18(24)20(26)19(25)13(17)3/h5-7,10-12,15H,4,8-9H2,1-3H3,(H,28,30). The molecule has 32 heavy (non-hydrogen) atoms. The lowest BCUT2D eigenvalue weighted by atomic mass is 9.85. The van der Waals surface area contributed by atoms with Gasteiger partial charge in [-0.3, -0.25) is 4.68 Å². The molecule has 3 aromatic heterocycles. The van der Waals surface area contributed by atoms with Gasteiger partial charge in [0.15, 0.2) is 23.1 Å². The van der Waals surface area contributed by atoms with E-state index in [4.69, 9.17) is 0 Å². The van der Waals surface area contributed by atoms with Crippen molar-refractivity contribution in [2.45, 2.75) is 52.1 Å². The zero-order valence-corrected chi connectivity index (χ0v) is 18.0. The number of nitrogens with zero attached hydrogens (tertiary/aromatic N) is 5. The highest BCUT2D eigenvalue weighted by molar-refractivity contribution is 5.80. The second-order valence-electron chi connectivity index (χ2n) is 8.34. The number of benzene rings is 1. The van der Waals surface area contributed by atoms with Crippen LogP contribution in [0, 0.1) is 24.4 Å². The number of fused-ring (bicyclic) bond motifs is 2. The van der Waals surface area contributed by atoms with Crippen molar-refractivity contribution in [2.24, 2.45) is 0 Å². The summed E-state index contributed by atoms with van der Waals surface area (Å²) >= 11 is 0. The molecule has 4 aromatic rings. The molecule has 9 heteroatoms. The van der Waals surface area contributed by atoms with Crippen molar-refractivity contribution in [3.63, 3.8) is 0 Å². The first-order chi connectivity index (χ1) is 15.4. The Labute approximate surface area is 183 Å². The highest BCUT2D eigenvalue weighted by atomic mass is 19.2. The Bertz CT molecular complexity index is 1330. The Hall–Kier alpha value is -3.36. The molecule has 0 saturated carbocycles. The fourth-order valence-corrected chi connectivity index (χ4v) is 4.74. The van der Waals surface area contributed by atoms with E-state index >= 15 is 0 Å². The molecule has 1 N–H and O–H groups in total. The van der Waals surface area contributed by atoms with Crippen molar-refractivity contribution < 1.29 is 13.2 Å². The SMILES string of the molecule is CCn1ncc2c1C(C)CC(Nc1nc3c(-c4cc(F)c(F)c(F)c4C)cccn3n1)C2. The molecule has 6 nitrogen and oxygen atoms in total. The lowest BCUT2D eigenvalue weighted by Crippen LogP contribution is -2.30. The third kappa shape index (κ3) is 3.23. The molecule has 0 spiro atoms. The first-order valence-electron chi connectivity index (χ1n) is 10.7. The van der Waals surface area contributed by atoms with E-state index in [9.17, 15) is 13.2 Å². The molecule has 166 valence electrons. The van der Waals surface area contributed by atoms with Crippen molar-refractivity contribution in [1.82, 2.24) is 24.4 Å². The monoisotopic (exact) mass is 440 g/mol. The van der Waals surface area contributed by atoms with Gasteiger partial charge < -0.3 is 5.32 Å². The largest absolute Gasteiger partial charge is 0.350 e. The normalized spacial score (nSPS) is 18.2. The van der Waals surface area contributed by atoms with Crippen LogP contribution in [0.3, 0.4) is 0 Å². The Morgan fingerprint density at radius 3 is 2.78 bits per heavy atom. The third-order valence-corrected chi connectivity index (χ3v) is 6.22. The fraction of sp³-hybridized carbons (Fsp3) is 0.348. The third-order valence-electron chi connectivity index (χ3n) is 6.22. The Kier molecular flexibility index (Phi) is 4.91. The summed E-state index contributed by atoms with van der Waals surface area (Å²) in [6, 6.07) is 4.55. The average Bonchev–Trinajstić information content (AvgIpc) is 3.38. The summed E-state index contributed by atoms with van der Waals surface area (Å²) in [5.41, 5.74) is 3.69. The molecule has 3 heterocycles. The highest BCUT2D eigenvalue weighted by Gasteiger charge is 2.28. The summed E-state index contributed by atoms with van der Waals surface area (Å²) < 4.78 is 45.3. The van der Waals surface area contributed by atoms with E-state index < -0.39 is 17.5 Å². The van der Waals surface area contributed by atoms with Gasteiger partial charge in [0, 0.05) is 36.0 Å². The van der Waals surface area contributed by atoms with E-state index in [1.807, 2.05) is 6.20 Å². The van der Waals surface area contributed by atoms with Crippen molar-refractivity contribution in [3.8, 4) is 11.1 Å². The van der Waals surface area contributed by atoms with Gasteiger partial charge in [-0.1, -0.05) is 6.92 Å². The van der Waals surface area contributed by atoms with E-state index in [1.54, 1.807) is 22.8 Å². The maximum absolute atomic E-state index is 14.2. The summed E-state index contributed by atoms with van der Waals surface area (Å²) in [4.78, 5) is 4.59. The molecular formula is C23H23F3N6. The number of aromatic nitrogens is 5. The molecule has 0 bridgehead atoms. The lowest BCUT2D eigenvalue weighted by molar-refractivity contribution is 0.444. The molecule has 0 radical (unpaired) electrons. The quantitative estimate of drug-likeness (QED) is 0.460. The molecule has 0 fully saturated rings. The van der Waals surface area contributed by atoms with Crippen LogP contribution in [0.2, 0.25) is 0 Å². The topological polar surface area (TPSA) is 60.0 Å². The molecule has 5 rings (SSSR count). The van der Waals surface area contributed by atoms with E-state index in [-0.39, 0.29) is 17.2 Å². The molecular weight excluding hydrogens is 417 g/mol. The van der Waals surface area contributed by atoms with Crippen LogP contribution in [-0.4, -0.2) is 30.4 Å². The maximum atomic E-state index is 14.2. The summed E-state index contributed by atoms with van der Waals surface area (Å²) in [5, 5.41) is 12.4. The highest BCUT2D eigenvalue weighted by Crippen LogP contribution is 2.34. The van der Waals surface area contributed by atoms with Crippen molar-refractivity contribution in [2.75, 3.05) is 5.32 Å². The first-order valence-corrected chi connectivity index (χ1v) is 10.7. The second kappa shape index (κ2) is 7.65. The van der Waals surface area contributed by atoms with Crippen LogP contribution in [-0.2, 0) is 13.0 Å². The Morgan fingerprint density at radius 1 is 1.19 bits per heavy atom. The van der Waals surface area contributed by atoms with Crippen LogP contribution in [0.4, 0.5) is 19.1 Å². The minimum atomic E-state index is -1.47. The number of halogens is 3.